The third kappa shape index (κ3) is 4.28. The molecule has 0 unspecified atom stereocenters. The maximum absolute atomic E-state index is 5.18. The summed E-state index contributed by atoms with van der Waals surface area (Å²) < 4.78 is 5.18. The minimum Gasteiger partial charge on any atom is -0.497 e. The van der Waals surface area contributed by atoms with Gasteiger partial charge in [-0.05, 0) is 67.4 Å². The van der Waals surface area contributed by atoms with Gasteiger partial charge in [-0.25, -0.2) is 4.98 Å². The second-order valence-corrected chi connectivity index (χ2v) is 6.49. The average molecular weight is 361 g/mol. The van der Waals surface area contributed by atoms with Crippen LogP contribution in [0.3, 0.4) is 0 Å². The number of aromatic nitrogens is 2. The molecule has 27 heavy (non-hydrogen) atoms. The molecule has 1 aromatic heterocycles. The molecule has 1 fully saturated rings. The largest absolute Gasteiger partial charge is 0.497 e. The number of ether oxygens (including phenoxy) is 1. The number of hydrogen-bond donors (Lipinski definition) is 2. The summed E-state index contributed by atoms with van der Waals surface area (Å²) in [6.07, 6.45) is 4.30. The van der Waals surface area contributed by atoms with Crippen LogP contribution < -0.4 is 20.3 Å². The molecule has 1 aliphatic heterocycles. The molecular formula is C21H23N5O. The molecule has 0 bridgehead atoms. The Labute approximate surface area is 159 Å². The van der Waals surface area contributed by atoms with Crippen molar-refractivity contribution < 1.29 is 4.74 Å². The minimum absolute atomic E-state index is 0.558. The first-order valence-electron chi connectivity index (χ1n) is 9.16. The molecule has 6 nitrogen and oxygen atoms in total. The molecule has 4 rings (SSSR count). The SMILES string of the molecule is COc1ccc(Nc2ccnc(Nc3ccc(N4CCCC4)cc3)n2)cc1. The van der Waals surface area contributed by atoms with Crippen molar-refractivity contribution in [2.24, 2.45) is 0 Å². The summed E-state index contributed by atoms with van der Waals surface area (Å²) in [5.41, 5.74) is 3.18. The van der Waals surface area contributed by atoms with Crippen molar-refractivity contribution in [1.29, 1.82) is 0 Å². The molecule has 3 aromatic rings. The fourth-order valence-corrected chi connectivity index (χ4v) is 3.17. The smallest absolute Gasteiger partial charge is 0.229 e. The van der Waals surface area contributed by atoms with Gasteiger partial charge in [0.05, 0.1) is 7.11 Å². The summed E-state index contributed by atoms with van der Waals surface area (Å²) in [4.78, 5) is 11.3. The van der Waals surface area contributed by atoms with Gasteiger partial charge in [0, 0.05) is 36.3 Å². The molecule has 138 valence electrons. The van der Waals surface area contributed by atoms with Crippen molar-refractivity contribution in [2.45, 2.75) is 12.8 Å². The summed E-state index contributed by atoms with van der Waals surface area (Å²) in [6.45, 7) is 2.30. The van der Waals surface area contributed by atoms with Crippen LogP contribution in [0.25, 0.3) is 0 Å². The van der Waals surface area contributed by atoms with E-state index in [1.54, 1.807) is 13.3 Å². The Kier molecular flexibility index (Phi) is 5.05. The fourth-order valence-electron chi connectivity index (χ4n) is 3.17. The molecule has 2 aromatic carbocycles. The highest BCUT2D eigenvalue weighted by Crippen LogP contribution is 2.24. The maximum Gasteiger partial charge on any atom is 0.229 e. The van der Waals surface area contributed by atoms with E-state index in [2.05, 4.69) is 49.8 Å². The second kappa shape index (κ2) is 7.95. The summed E-state index contributed by atoms with van der Waals surface area (Å²) in [6, 6.07) is 18.0. The Bertz CT molecular complexity index is 874. The van der Waals surface area contributed by atoms with Crippen LogP contribution in [0.4, 0.5) is 28.8 Å². The van der Waals surface area contributed by atoms with E-state index in [0.717, 1.165) is 36.0 Å². The van der Waals surface area contributed by atoms with E-state index in [4.69, 9.17) is 4.74 Å². The van der Waals surface area contributed by atoms with E-state index < -0.39 is 0 Å². The first kappa shape index (κ1) is 17.1. The zero-order valence-corrected chi connectivity index (χ0v) is 15.4. The third-order valence-electron chi connectivity index (χ3n) is 4.61. The first-order valence-corrected chi connectivity index (χ1v) is 9.16. The summed E-state index contributed by atoms with van der Waals surface area (Å²) in [5, 5.41) is 6.54. The number of anilines is 5. The maximum atomic E-state index is 5.18. The van der Waals surface area contributed by atoms with E-state index in [-0.39, 0.29) is 0 Å². The molecule has 0 spiro atoms. The van der Waals surface area contributed by atoms with Gasteiger partial charge in [-0.3, -0.25) is 0 Å². The predicted octanol–water partition coefficient (Wildman–Crippen LogP) is 4.57. The quantitative estimate of drug-likeness (QED) is 0.670. The number of nitrogens with one attached hydrogen (secondary N) is 2. The van der Waals surface area contributed by atoms with Crippen LogP contribution in [-0.4, -0.2) is 30.2 Å². The fraction of sp³-hybridized carbons (Fsp3) is 0.238. The molecule has 0 radical (unpaired) electrons. The molecule has 0 aliphatic carbocycles. The van der Waals surface area contributed by atoms with E-state index in [0.29, 0.717) is 5.95 Å². The van der Waals surface area contributed by atoms with Crippen molar-refractivity contribution in [3.8, 4) is 5.75 Å². The molecule has 0 atom stereocenters. The Balaban J connectivity index is 1.42. The highest BCUT2D eigenvalue weighted by molar-refractivity contribution is 5.62. The van der Waals surface area contributed by atoms with Gasteiger partial charge in [0.2, 0.25) is 5.95 Å². The molecule has 0 saturated carbocycles. The summed E-state index contributed by atoms with van der Waals surface area (Å²) >= 11 is 0. The average Bonchev–Trinajstić information content (AvgIpc) is 3.24. The molecule has 0 amide bonds. The molecular weight excluding hydrogens is 338 g/mol. The van der Waals surface area contributed by atoms with Gasteiger partial charge in [0.15, 0.2) is 0 Å². The zero-order chi connectivity index (χ0) is 18.5. The van der Waals surface area contributed by atoms with E-state index >= 15 is 0 Å². The monoisotopic (exact) mass is 361 g/mol. The van der Waals surface area contributed by atoms with E-state index in [1.165, 1.54) is 18.5 Å². The lowest BCUT2D eigenvalue weighted by molar-refractivity contribution is 0.415. The van der Waals surface area contributed by atoms with Crippen LogP contribution in [0, 0.1) is 0 Å². The lowest BCUT2D eigenvalue weighted by atomic mass is 10.2. The molecule has 1 aliphatic rings. The van der Waals surface area contributed by atoms with Gasteiger partial charge in [-0.2, -0.15) is 4.98 Å². The van der Waals surface area contributed by atoms with Crippen molar-refractivity contribution >= 4 is 28.8 Å². The number of nitrogens with zero attached hydrogens (tertiary/aromatic N) is 3. The number of hydrogen-bond acceptors (Lipinski definition) is 6. The van der Waals surface area contributed by atoms with Gasteiger partial charge in [-0.1, -0.05) is 0 Å². The normalized spacial score (nSPS) is 13.4. The Morgan fingerprint density at radius 2 is 1.52 bits per heavy atom. The van der Waals surface area contributed by atoms with Crippen LogP contribution in [0.1, 0.15) is 12.8 Å². The summed E-state index contributed by atoms with van der Waals surface area (Å²) in [5.74, 6) is 2.11. The molecule has 1 saturated heterocycles. The van der Waals surface area contributed by atoms with Crippen molar-refractivity contribution in [2.75, 3.05) is 35.7 Å². The van der Waals surface area contributed by atoms with Gasteiger partial charge >= 0.3 is 0 Å². The number of rotatable bonds is 6. The Morgan fingerprint density at radius 3 is 2.22 bits per heavy atom. The van der Waals surface area contributed by atoms with Gasteiger partial charge in [0.25, 0.3) is 0 Å². The highest BCUT2D eigenvalue weighted by Gasteiger charge is 2.11. The van der Waals surface area contributed by atoms with Crippen LogP contribution in [0.2, 0.25) is 0 Å². The zero-order valence-electron chi connectivity index (χ0n) is 15.4. The minimum atomic E-state index is 0.558. The molecule has 6 heteroatoms. The lowest BCUT2D eigenvalue weighted by Crippen LogP contribution is -2.17. The van der Waals surface area contributed by atoms with Gasteiger partial charge in [-0.15, -0.1) is 0 Å². The third-order valence-corrected chi connectivity index (χ3v) is 4.61. The van der Waals surface area contributed by atoms with Gasteiger partial charge < -0.3 is 20.3 Å². The van der Waals surface area contributed by atoms with Crippen LogP contribution >= 0.6 is 0 Å². The summed E-state index contributed by atoms with van der Waals surface area (Å²) in [7, 11) is 1.66. The van der Waals surface area contributed by atoms with Crippen molar-refractivity contribution in [3.63, 3.8) is 0 Å². The standard InChI is InChI=1S/C21H23N5O/c1-27-19-10-6-16(7-11-19)23-20-12-13-22-21(25-20)24-17-4-8-18(9-5-17)26-14-2-3-15-26/h4-13H,2-3,14-15H2,1H3,(H2,22,23,24,25). The highest BCUT2D eigenvalue weighted by atomic mass is 16.5. The Morgan fingerprint density at radius 1 is 0.852 bits per heavy atom. The van der Waals surface area contributed by atoms with E-state index in [9.17, 15) is 0 Å². The van der Waals surface area contributed by atoms with Crippen LogP contribution in [0.15, 0.2) is 60.8 Å². The topological polar surface area (TPSA) is 62.3 Å². The number of methoxy groups -OCH3 is 1. The van der Waals surface area contributed by atoms with Crippen LogP contribution in [0.5, 0.6) is 5.75 Å². The second-order valence-electron chi connectivity index (χ2n) is 6.49. The lowest BCUT2D eigenvalue weighted by Gasteiger charge is -2.17. The Hall–Kier alpha value is -3.28. The molecule has 2 heterocycles. The van der Waals surface area contributed by atoms with Crippen molar-refractivity contribution in [3.05, 3.63) is 60.8 Å². The van der Waals surface area contributed by atoms with E-state index in [1.807, 2.05) is 30.3 Å². The predicted molar refractivity (Wildman–Crippen MR) is 109 cm³/mol. The first-order chi connectivity index (χ1) is 13.3. The van der Waals surface area contributed by atoms with Gasteiger partial charge in [0.1, 0.15) is 11.6 Å². The van der Waals surface area contributed by atoms with Crippen LogP contribution in [-0.2, 0) is 0 Å². The number of benzene rings is 2. The molecule has 2 N–H and O–H groups in total. The van der Waals surface area contributed by atoms with Crippen molar-refractivity contribution in [1.82, 2.24) is 9.97 Å².